The van der Waals surface area contributed by atoms with Gasteiger partial charge in [0.05, 0.1) is 45.2 Å². The van der Waals surface area contributed by atoms with Crippen molar-refractivity contribution in [3.8, 4) is 0 Å². The van der Waals surface area contributed by atoms with Crippen molar-refractivity contribution >= 4 is 39.1 Å². The van der Waals surface area contributed by atoms with E-state index in [1.807, 2.05) is 6.08 Å². The molecule has 3 unspecified atom stereocenters. The maximum absolute atomic E-state index is 13.1. The molecule has 3 atom stereocenters. The van der Waals surface area contributed by atoms with Gasteiger partial charge >= 0.3 is 12.7 Å². The normalized spacial score (nSPS) is 16.6. The second-order valence-corrected chi connectivity index (χ2v) is 10.5. The van der Waals surface area contributed by atoms with Gasteiger partial charge < -0.3 is 19.3 Å². The number of rotatable bonds is 6. The van der Waals surface area contributed by atoms with Crippen molar-refractivity contribution in [3.05, 3.63) is 91.5 Å². The Bertz CT molecular complexity index is 1130. The predicted octanol–water partition coefficient (Wildman–Crippen LogP) is 5.88. The Morgan fingerprint density at radius 3 is 2.08 bits per heavy atom. The number of benzene rings is 2. The first kappa shape index (κ1) is 32.8. The number of nitro groups is 2. The molecule has 0 saturated carbocycles. The zero-order valence-electron chi connectivity index (χ0n) is 21.9. The Morgan fingerprint density at radius 2 is 1.67 bits per heavy atom. The second-order valence-electron chi connectivity index (χ2n) is 7.79. The third-order valence-corrected chi connectivity index (χ3v) is 4.98. The summed E-state index contributed by atoms with van der Waals surface area (Å²) in [4.78, 5) is 19.2. The van der Waals surface area contributed by atoms with Crippen LogP contribution in [0.15, 0.2) is 48.6 Å². The number of ether oxygens (including phenoxy) is 3. The van der Waals surface area contributed by atoms with Crippen LogP contribution < -0.4 is 0 Å². The monoisotopic (exact) mass is 609 g/mol. The van der Waals surface area contributed by atoms with Crippen LogP contribution in [0.2, 0.25) is 0 Å². The van der Waals surface area contributed by atoms with Crippen molar-refractivity contribution in [2.24, 2.45) is 0 Å². The lowest BCUT2D eigenvalue weighted by molar-refractivity contribution is -0.387. The molecule has 0 radical (unpaired) electrons. The average molecular weight is 610 g/mol. The van der Waals surface area contributed by atoms with E-state index in [1.54, 1.807) is 0 Å². The Morgan fingerprint density at radius 1 is 1.08 bits per heavy atom. The summed E-state index contributed by atoms with van der Waals surface area (Å²) in [6.07, 6.45) is 7.93. The topological polar surface area (TPSA) is 134 Å². The molecule has 10 nitrogen and oxygen atoms in total. The third-order valence-electron chi connectivity index (χ3n) is 4.98. The van der Waals surface area contributed by atoms with Crippen molar-refractivity contribution < 1.29 is 37.9 Å². The van der Waals surface area contributed by atoms with E-state index < -0.39 is 39.8 Å². The molecular weight excluding hydrogens is 576 g/mol. The first-order valence-electron chi connectivity index (χ1n) is 12.1. The fraction of sp³-hybridized carbons (Fsp3) is 0.417. The second kappa shape index (κ2) is 20.5. The zero-order valence-corrected chi connectivity index (χ0v) is 23.8. The van der Waals surface area contributed by atoms with Gasteiger partial charge in [0.1, 0.15) is 0 Å². The van der Waals surface area contributed by atoms with E-state index in [0.717, 1.165) is 57.1 Å². The molecule has 15 heteroatoms. The summed E-state index contributed by atoms with van der Waals surface area (Å²) in [7, 11) is 2.20. The van der Waals surface area contributed by atoms with Gasteiger partial charge in [0.25, 0.3) is 0 Å². The summed E-state index contributed by atoms with van der Waals surface area (Å²) in [5, 5.41) is 29.3. The number of hydrogen-bond acceptors (Lipinski definition) is 9. The maximum atomic E-state index is 13.1. The number of nitro benzene ring substituents is 2. The molecule has 2 aliphatic rings. The van der Waals surface area contributed by atoms with Gasteiger partial charge in [0.2, 0.25) is 11.6 Å². The van der Waals surface area contributed by atoms with Crippen molar-refractivity contribution in [2.45, 2.75) is 45.2 Å². The third kappa shape index (κ3) is 14.5. The maximum Gasteiger partial charge on any atom is 0.355 e. The van der Waals surface area contributed by atoms with E-state index in [1.165, 1.54) is 18.2 Å². The summed E-state index contributed by atoms with van der Waals surface area (Å²) in [5.74, 6) is -1.73. The van der Waals surface area contributed by atoms with Crippen LogP contribution in [0.4, 0.5) is 20.2 Å². The molecule has 2 aromatic carbocycles. The lowest BCUT2D eigenvalue weighted by Gasteiger charge is -2.22. The van der Waals surface area contributed by atoms with Crippen LogP contribution in [0.1, 0.15) is 36.8 Å². The van der Waals surface area contributed by atoms with Gasteiger partial charge in [-0.05, 0) is 48.9 Å². The predicted molar refractivity (Wildman–Crippen MR) is 150 cm³/mol. The number of hydrogen-bond donors (Lipinski definition) is 1. The first-order chi connectivity index (χ1) is 19.0. The van der Waals surface area contributed by atoms with Crippen molar-refractivity contribution in [2.75, 3.05) is 19.8 Å². The van der Waals surface area contributed by atoms with Crippen LogP contribution in [0.3, 0.4) is 0 Å². The summed E-state index contributed by atoms with van der Waals surface area (Å²) < 4.78 is 48.0. The van der Waals surface area contributed by atoms with Gasteiger partial charge in [-0.1, -0.05) is 24.3 Å². The van der Waals surface area contributed by atoms with Crippen LogP contribution >= 0.6 is 15.9 Å². The molecule has 2 aliphatic heterocycles. The van der Waals surface area contributed by atoms with Gasteiger partial charge in [0.15, 0.2) is 25.1 Å². The van der Waals surface area contributed by atoms with Crippen molar-refractivity contribution in [1.29, 1.82) is 1.28 Å². The highest BCUT2D eigenvalue weighted by molar-refractivity contribution is 8.24. The van der Waals surface area contributed by atoms with E-state index in [9.17, 15) is 29.0 Å². The smallest absolute Gasteiger partial charge is 0.355 e. The molecule has 0 amide bonds. The Kier molecular flexibility index (Phi) is 17.3. The fourth-order valence-electron chi connectivity index (χ4n) is 3.10. The zero-order chi connectivity index (χ0) is 29.9. The molecule has 2 heterocycles. The van der Waals surface area contributed by atoms with Crippen LogP contribution in [-0.2, 0) is 39.2 Å². The van der Waals surface area contributed by atoms with E-state index >= 15 is 0 Å². The number of nitrogens with zero attached hydrogens (tertiary/aromatic N) is 2. The quantitative estimate of drug-likeness (QED) is 0.184. The number of aliphatic hydroxyl groups is 1. The van der Waals surface area contributed by atoms with Gasteiger partial charge in [-0.15, -0.1) is 0 Å². The lowest BCUT2D eigenvalue weighted by atomic mass is 10.2. The summed E-state index contributed by atoms with van der Waals surface area (Å²) >= 11 is 4.31. The molecular formula is C24H31F2N2O8P2S+. The highest BCUT2D eigenvalue weighted by Gasteiger charge is 2.17. The van der Waals surface area contributed by atoms with E-state index in [4.69, 9.17) is 20.6 Å². The minimum atomic E-state index is -0.891. The van der Waals surface area contributed by atoms with E-state index in [-0.39, 0.29) is 19.5 Å². The fourth-order valence-corrected chi connectivity index (χ4v) is 3.10. The first-order valence-corrected chi connectivity index (χ1v) is 15.2. The molecule has 0 aliphatic carbocycles. The Hall–Kier alpha value is -2.37. The lowest BCUT2D eigenvalue weighted by Crippen LogP contribution is -2.22. The van der Waals surface area contributed by atoms with Crippen molar-refractivity contribution in [3.63, 3.8) is 0 Å². The minimum Gasteiger partial charge on any atom is -0.392 e. The summed E-state index contributed by atoms with van der Waals surface area (Å²) in [5.41, 5.74) is -0.248. The highest BCUT2D eigenvalue weighted by atomic mass is 32.6. The molecule has 1 N–H and O–H groups in total. The summed E-state index contributed by atoms with van der Waals surface area (Å²) in [6, 6.07) is 7.02. The molecule has 0 bridgehead atoms. The van der Waals surface area contributed by atoms with Crippen LogP contribution in [-0.4, -0.2) is 42.3 Å². The molecule has 0 spiro atoms. The molecule has 4 rings (SSSR count). The Labute approximate surface area is 234 Å². The molecule has 1 fully saturated rings. The van der Waals surface area contributed by atoms with Gasteiger partial charge in [0, 0.05) is 18.7 Å². The molecule has 1 saturated heterocycles. The Balaban J connectivity index is 0.000000310. The minimum absolute atomic E-state index is 0.186. The van der Waals surface area contributed by atoms with Gasteiger partial charge in [-0.25, -0.2) is 0 Å². The summed E-state index contributed by atoms with van der Waals surface area (Å²) in [6.45, 7) is 1.39. The van der Waals surface area contributed by atoms with Crippen molar-refractivity contribution in [1.82, 2.24) is 0 Å². The van der Waals surface area contributed by atoms with Crippen LogP contribution in [0.25, 0.3) is 0 Å². The average Bonchev–Trinajstić information content (AvgIpc) is 2.94. The number of aliphatic hydroxyl groups excluding tert-OH is 1. The number of halogens is 2. The van der Waals surface area contributed by atoms with Crippen LogP contribution in [0, 0.1) is 31.9 Å². The molecule has 39 heavy (non-hydrogen) atoms. The molecule has 2 aromatic rings. The van der Waals surface area contributed by atoms with E-state index in [0.29, 0.717) is 17.7 Å². The van der Waals surface area contributed by atoms with E-state index in [2.05, 4.69) is 26.8 Å². The highest BCUT2D eigenvalue weighted by Crippen LogP contribution is 2.21. The largest absolute Gasteiger partial charge is 0.392 e. The van der Waals surface area contributed by atoms with Gasteiger partial charge in [-0.2, -0.15) is 8.78 Å². The standard InChI is InChI=1S/C12H14FNO4.C7H6FNO3.C5H8O.H2P2S/c13-10-5-4-9(7-11(10)14(15)16)8-18-12-3-1-2-6-17-12;8-6-2-1-5(4-10)3-7(6)9(11)12;1-2-4-6-5-3-1;1-2-3/h4-5,7,12H,1-3,6,8H2;1-3,10H,4H2;1-2H,3-5H2;1H2/p+1/i/hT. The SMILES string of the molecule is C1=CCOCC1.O=[N+]([O-])c1cc(CO)ccc1F.O=[N+]([O-])c1cc(COC2CCCCO2)ccc1F.[3H][P+](P)=S. The van der Waals surface area contributed by atoms with Crippen LogP contribution in [0.5, 0.6) is 0 Å². The molecule has 214 valence electrons. The van der Waals surface area contributed by atoms with Gasteiger partial charge in [-0.3, -0.25) is 20.2 Å². The molecule has 0 aromatic heterocycles.